The van der Waals surface area contributed by atoms with Gasteiger partial charge < -0.3 is 15.3 Å². The van der Waals surface area contributed by atoms with Crippen molar-refractivity contribution in [1.29, 1.82) is 0 Å². The SMILES string of the molecule is Cn1nc(CN[C@H]2CN3CCC2CC3)c2c(C(=O)O)cc(F)cc21. The summed E-state index contributed by atoms with van der Waals surface area (Å²) in [5.74, 6) is -1.00. The van der Waals surface area contributed by atoms with Gasteiger partial charge >= 0.3 is 5.97 Å². The second-order valence-corrected chi connectivity index (χ2v) is 6.85. The van der Waals surface area contributed by atoms with Gasteiger partial charge in [-0.15, -0.1) is 0 Å². The molecule has 0 aliphatic carbocycles. The average Bonchev–Trinajstić information content (AvgIpc) is 2.89. The summed E-state index contributed by atoms with van der Waals surface area (Å²) in [6, 6.07) is 2.83. The average molecular weight is 332 g/mol. The van der Waals surface area contributed by atoms with Gasteiger partial charge in [0.1, 0.15) is 5.82 Å². The molecule has 3 fully saturated rings. The lowest BCUT2D eigenvalue weighted by Gasteiger charge is -2.45. The minimum Gasteiger partial charge on any atom is -0.478 e. The van der Waals surface area contributed by atoms with Crippen LogP contribution in [0.4, 0.5) is 4.39 Å². The third kappa shape index (κ3) is 2.57. The van der Waals surface area contributed by atoms with Gasteiger partial charge in [-0.1, -0.05) is 0 Å². The van der Waals surface area contributed by atoms with Gasteiger partial charge in [-0.2, -0.15) is 5.10 Å². The third-order valence-electron chi connectivity index (χ3n) is 5.41. The molecule has 128 valence electrons. The first kappa shape index (κ1) is 15.5. The van der Waals surface area contributed by atoms with E-state index in [1.165, 1.54) is 32.0 Å². The van der Waals surface area contributed by atoms with Crippen LogP contribution in [-0.4, -0.2) is 51.4 Å². The summed E-state index contributed by atoms with van der Waals surface area (Å²) in [5, 5.41) is 17.9. The molecule has 0 amide bonds. The third-order valence-corrected chi connectivity index (χ3v) is 5.41. The molecule has 24 heavy (non-hydrogen) atoms. The fourth-order valence-corrected chi connectivity index (χ4v) is 4.15. The van der Waals surface area contributed by atoms with Crippen molar-refractivity contribution in [2.75, 3.05) is 19.6 Å². The fourth-order valence-electron chi connectivity index (χ4n) is 4.15. The number of nitrogens with zero attached hydrogens (tertiary/aromatic N) is 3. The molecule has 1 atom stereocenters. The highest BCUT2D eigenvalue weighted by molar-refractivity contribution is 6.04. The predicted octanol–water partition coefficient (Wildman–Crippen LogP) is 1.59. The zero-order valence-electron chi connectivity index (χ0n) is 13.6. The molecule has 0 radical (unpaired) electrons. The molecule has 3 aliphatic rings. The number of aryl methyl sites for hydroxylation is 1. The first-order valence-electron chi connectivity index (χ1n) is 8.37. The van der Waals surface area contributed by atoms with Crippen LogP contribution in [-0.2, 0) is 13.6 Å². The number of aromatic carboxylic acids is 1. The van der Waals surface area contributed by atoms with Crippen molar-refractivity contribution in [2.24, 2.45) is 13.0 Å². The first-order valence-corrected chi connectivity index (χ1v) is 8.37. The lowest BCUT2D eigenvalue weighted by Crippen LogP contribution is -2.55. The van der Waals surface area contributed by atoms with Crippen LogP contribution >= 0.6 is 0 Å². The Hall–Kier alpha value is -1.99. The number of hydrogen-bond acceptors (Lipinski definition) is 4. The van der Waals surface area contributed by atoms with Crippen LogP contribution in [0.3, 0.4) is 0 Å². The molecular weight excluding hydrogens is 311 g/mol. The molecule has 0 saturated carbocycles. The number of carbonyl (C=O) groups is 1. The largest absolute Gasteiger partial charge is 0.478 e. The Labute approximate surface area is 139 Å². The van der Waals surface area contributed by atoms with Crippen molar-refractivity contribution in [3.63, 3.8) is 0 Å². The maximum atomic E-state index is 13.7. The van der Waals surface area contributed by atoms with Crippen molar-refractivity contribution in [3.05, 3.63) is 29.2 Å². The van der Waals surface area contributed by atoms with Crippen molar-refractivity contribution in [3.8, 4) is 0 Å². The smallest absolute Gasteiger partial charge is 0.336 e. The van der Waals surface area contributed by atoms with Crippen molar-refractivity contribution < 1.29 is 14.3 Å². The van der Waals surface area contributed by atoms with E-state index in [-0.39, 0.29) is 5.56 Å². The quantitative estimate of drug-likeness (QED) is 0.890. The highest BCUT2D eigenvalue weighted by Gasteiger charge is 2.33. The standard InChI is InChI=1S/C17H21FN4O2/c1-21-15-7-11(18)6-12(17(23)24)16(15)13(20-21)8-19-14-9-22-4-2-10(14)3-5-22/h6-7,10,14,19H,2-5,8-9H2,1H3,(H,23,24)/t14-/m0/s1. The van der Waals surface area contributed by atoms with E-state index < -0.39 is 11.8 Å². The normalized spacial score (nSPS) is 26.2. The Morgan fingerprint density at radius 1 is 1.42 bits per heavy atom. The maximum Gasteiger partial charge on any atom is 0.336 e. The molecule has 1 aromatic carbocycles. The number of aromatic nitrogens is 2. The van der Waals surface area contributed by atoms with Crippen molar-refractivity contribution in [2.45, 2.75) is 25.4 Å². The van der Waals surface area contributed by atoms with E-state index in [1.807, 2.05) is 0 Å². The minimum atomic E-state index is -1.13. The summed E-state index contributed by atoms with van der Waals surface area (Å²) < 4.78 is 15.3. The minimum absolute atomic E-state index is 0.0242. The van der Waals surface area contributed by atoms with Gasteiger partial charge in [-0.3, -0.25) is 4.68 Å². The summed E-state index contributed by atoms with van der Waals surface area (Å²) in [5.41, 5.74) is 1.16. The van der Waals surface area contributed by atoms with Gasteiger partial charge in [0.2, 0.25) is 0 Å². The van der Waals surface area contributed by atoms with Gasteiger partial charge in [0, 0.05) is 31.6 Å². The summed E-state index contributed by atoms with van der Waals surface area (Å²) in [6.07, 6.45) is 2.43. The van der Waals surface area contributed by atoms with E-state index in [4.69, 9.17) is 0 Å². The first-order chi connectivity index (χ1) is 11.5. The molecule has 1 aromatic heterocycles. The molecule has 2 N–H and O–H groups in total. The molecule has 0 unspecified atom stereocenters. The Morgan fingerprint density at radius 3 is 2.79 bits per heavy atom. The summed E-state index contributed by atoms with van der Waals surface area (Å²) in [4.78, 5) is 14.0. The van der Waals surface area contributed by atoms with Crippen LogP contribution in [0.5, 0.6) is 0 Å². The highest BCUT2D eigenvalue weighted by Crippen LogP contribution is 2.29. The number of nitrogens with one attached hydrogen (secondary N) is 1. The van der Waals surface area contributed by atoms with E-state index >= 15 is 0 Å². The number of halogens is 1. The predicted molar refractivity (Wildman–Crippen MR) is 87.4 cm³/mol. The molecule has 0 spiro atoms. The Balaban J connectivity index is 1.63. The number of carboxylic acid groups (broad SMARTS) is 1. The maximum absolute atomic E-state index is 13.7. The van der Waals surface area contributed by atoms with Crippen LogP contribution in [0.25, 0.3) is 10.9 Å². The Morgan fingerprint density at radius 2 is 2.17 bits per heavy atom. The number of fused-ring (bicyclic) bond motifs is 4. The van der Waals surface area contributed by atoms with Crippen molar-refractivity contribution >= 4 is 16.9 Å². The Bertz CT molecular complexity index is 795. The van der Waals surface area contributed by atoms with E-state index in [1.54, 1.807) is 11.7 Å². The van der Waals surface area contributed by atoms with Crippen LogP contribution < -0.4 is 5.32 Å². The molecule has 5 rings (SSSR count). The van der Waals surface area contributed by atoms with Crippen molar-refractivity contribution in [1.82, 2.24) is 20.0 Å². The van der Waals surface area contributed by atoms with Gasteiger partial charge in [0.05, 0.1) is 16.8 Å². The summed E-state index contributed by atoms with van der Waals surface area (Å²) in [6.45, 7) is 3.89. The van der Waals surface area contributed by atoms with E-state index in [0.717, 1.165) is 12.6 Å². The van der Waals surface area contributed by atoms with Crippen LogP contribution in [0, 0.1) is 11.7 Å². The molecule has 3 saturated heterocycles. The number of piperidine rings is 3. The highest BCUT2D eigenvalue weighted by atomic mass is 19.1. The van der Waals surface area contributed by atoms with E-state index in [0.29, 0.717) is 35.1 Å². The fraction of sp³-hybridized carbons (Fsp3) is 0.529. The van der Waals surface area contributed by atoms with Gasteiger partial charge in [0.15, 0.2) is 0 Å². The molecule has 2 bridgehead atoms. The number of carboxylic acids is 1. The van der Waals surface area contributed by atoms with Gasteiger partial charge in [0.25, 0.3) is 0 Å². The topological polar surface area (TPSA) is 70.4 Å². The zero-order valence-corrected chi connectivity index (χ0v) is 13.6. The lowest BCUT2D eigenvalue weighted by molar-refractivity contribution is 0.0698. The van der Waals surface area contributed by atoms with Crippen LogP contribution in [0.2, 0.25) is 0 Å². The summed E-state index contributed by atoms with van der Waals surface area (Å²) >= 11 is 0. The molecule has 6 nitrogen and oxygen atoms in total. The number of hydrogen-bond donors (Lipinski definition) is 2. The van der Waals surface area contributed by atoms with E-state index in [2.05, 4.69) is 15.3 Å². The molecule has 3 aliphatic heterocycles. The molecule has 7 heteroatoms. The zero-order chi connectivity index (χ0) is 16.8. The van der Waals surface area contributed by atoms with Crippen LogP contribution in [0.1, 0.15) is 28.9 Å². The Kier molecular flexibility index (Phi) is 3.77. The lowest BCUT2D eigenvalue weighted by atomic mass is 9.84. The van der Waals surface area contributed by atoms with E-state index in [9.17, 15) is 14.3 Å². The monoisotopic (exact) mass is 332 g/mol. The molecule has 4 heterocycles. The van der Waals surface area contributed by atoms with Crippen LogP contribution in [0.15, 0.2) is 12.1 Å². The second-order valence-electron chi connectivity index (χ2n) is 6.85. The number of rotatable bonds is 4. The number of benzene rings is 1. The summed E-state index contributed by atoms with van der Waals surface area (Å²) in [7, 11) is 1.71. The second kappa shape index (κ2) is 5.82. The molecular formula is C17H21FN4O2. The van der Waals surface area contributed by atoms with Gasteiger partial charge in [-0.05, 0) is 44.0 Å². The molecule has 2 aromatic rings. The van der Waals surface area contributed by atoms with Gasteiger partial charge in [-0.25, -0.2) is 9.18 Å².